The lowest BCUT2D eigenvalue weighted by Gasteiger charge is -2.27. The fourth-order valence-electron chi connectivity index (χ4n) is 1.30. The Morgan fingerprint density at radius 2 is 1.63 bits per heavy atom. The molecule has 19 heavy (non-hydrogen) atoms. The van der Waals surface area contributed by atoms with Crippen LogP contribution >= 0.6 is 0 Å². The number of hydrogen-bond donors (Lipinski definition) is 3. The molecule has 0 unspecified atom stereocenters. The SMILES string of the molecule is C[N+](C)(CCO)CCO.O=C(O)c1ccccc1[S-]. The molecular formula is C13H21NO4S. The number of carboxylic acid groups (broad SMARTS) is 1. The summed E-state index contributed by atoms with van der Waals surface area (Å²) in [6.07, 6.45) is 0. The number of likely N-dealkylation sites (N-methyl/N-ethyl adjacent to an activating group) is 1. The van der Waals surface area contributed by atoms with E-state index in [1.54, 1.807) is 18.2 Å². The van der Waals surface area contributed by atoms with Crippen LogP contribution in [0.4, 0.5) is 0 Å². The van der Waals surface area contributed by atoms with E-state index in [2.05, 4.69) is 0 Å². The first kappa shape index (κ1) is 17.8. The van der Waals surface area contributed by atoms with Gasteiger partial charge in [0, 0.05) is 5.56 Å². The summed E-state index contributed by atoms with van der Waals surface area (Å²) in [7, 11) is 3.96. The van der Waals surface area contributed by atoms with E-state index in [4.69, 9.17) is 27.9 Å². The van der Waals surface area contributed by atoms with Crippen LogP contribution in [0.5, 0.6) is 0 Å². The van der Waals surface area contributed by atoms with Crippen LogP contribution in [0.15, 0.2) is 29.2 Å². The molecule has 1 rings (SSSR count). The number of nitrogens with zero attached hydrogens (tertiary/aromatic N) is 1. The molecule has 6 heteroatoms. The molecule has 0 saturated carbocycles. The summed E-state index contributed by atoms with van der Waals surface area (Å²) in [6, 6.07) is 6.46. The molecule has 0 amide bonds. The molecule has 5 nitrogen and oxygen atoms in total. The fourth-order valence-corrected chi connectivity index (χ4v) is 1.53. The largest absolute Gasteiger partial charge is 0.779 e. The van der Waals surface area contributed by atoms with Crippen molar-refractivity contribution < 1.29 is 24.6 Å². The van der Waals surface area contributed by atoms with Crippen LogP contribution in [0, 0.1) is 0 Å². The average molecular weight is 287 g/mol. The summed E-state index contributed by atoms with van der Waals surface area (Å²) in [5.74, 6) is -0.967. The normalized spacial score (nSPS) is 10.5. The highest BCUT2D eigenvalue weighted by atomic mass is 32.1. The van der Waals surface area contributed by atoms with Gasteiger partial charge in [-0.05, 0) is 6.07 Å². The minimum absolute atomic E-state index is 0.188. The van der Waals surface area contributed by atoms with Crippen molar-refractivity contribution in [1.29, 1.82) is 0 Å². The first-order valence-electron chi connectivity index (χ1n) is 5.87. The maximum absolute atomic E-state index is 10.4. The van der Waals surface area contributed by atoms with Gasteiger partial charge in [0.2, 0.25) is 0 Å². The third-order valence-electron chi connectivity index (χ3n) is 2.53. The lowest BCUT2D eigenvalue weighted by atomic mass is 10.2. The Bertz CT molecular complexity index is 388. The number of carbonyl (C=O) groups is 1. The van der Waals surface area contributed by atoms with Gasteiger partial charge in [-0.3, -0.25) is 0 Å². The molecule has 0 fully saturated rings. The maximum atomic E-state index is 10.4. The Morgan fingerprint density at radius 1 is 1.16 bits per heavy atom. The van der Waals surface area contributed by atoms with Crippen molar-refractivity contribution in [2.45, 2.75) is 4.90 Å². The van der Waals surface area contributed by atoms with Gasteiger partial charge in [-0.15, -0.1) is 0 Å². The highest BCUT2D eigenvalue weighted by Crippen LogP contribution is 2.06. The number of aromatic carboxylic acids is 1. The van der Waals surface area contributed by atoms with Crippen molar-refractivity contribution in [1.82, 2.24) is 0 Å². The van der Waals surface area contributed by atoms with E-state index in [0.717, 1.165) is 0 Å². The molecule has 0 aromatic heterocycles. The van der Waals surface area contributed by atoms with Gasteiger partial charge in [0.15, 0.2) is 0 Å². The van der Waals surface area contributed by atoms with E-state index >= 15 is 0 Å². The lowest BCUT2D eigenvalue weighted by Crippen LogP contribution is -2.43. The predicted octanol–water partition coefficient (Wildman–Crippen LogP) is 0.338. The lowest BCUT2D eigenvalue weighted by molar-refractivity contribution is -0.890. The molecule has 0 aliphatic heterocycles. The zero-order valence-electron chi connectivity index (χ0n) is 11.2. The van der Waals surface area contributed by atoms with Gasteiger partial charge in [-0.25, -0.2) is 4.79 Å². The Kier molecular flexibility index (Phi) is 8.26. The molecule has 108 valence electrons. The standard InChI is InChI=1S/C7H6O2S.C6H16NO2/c8-7(9)5-3-1-2-4-6(5)10;1-7(2,3-5-8)4-6-9/h1-4,10H,(H,8,9);8-9H,3-6H2,1-2H3/q;+1/p-1. The molecular weight excluding hydrogens is 266 g/mol. The molecule has 0 bridgehead atoms. The van der Waals surface area contributed by atoms with Crippen molar-refractivity contribution in [3.05, 3.63) is 29.8 Å². The summed E-state index contributed by atoms with van der Waals surface area (Å²) in [5, 5.41) is 25.6. The summed E-state index contributed by atoms with van der Waals surface area (Å²) < 4.78 is 0.688. The quantitative estimate of drug-likeness (QED) is 0.538. The number of aliphatic hydroxyl groups excluding tert-OH is 2. The Labute approximate surface area is 119 Å². The van der Waals surface area contributed by atoms with Gasteiger partial charge >= 0.3 is 5.97 Å². The first-order valence-corrected chi connectivity index (χ1v) is 6.28. The van der Waals surface area contributed by atoms with E-state index in [-0.39, 0.29) is 18.8 Å². The van der Waals surface area contributed by atoms with Crippen LogP contribution in [0.1, 0.15) is 10.4 Å². The Morgan fingerprint density at radius 3 is 1.95 bits per heavy atom. The van der Waals surface area contributed by atoms with Crippen LogP contribution < -0.4 is 0 Å². The molecule has 0 saturated heterocycles. The second kappa shape index (κ2) is 8.82. The van der Waals surface area contributed by atoms with E-state index in [1.807, 2.05) is 14.1 Å². The first-order chi connectivity index (χ1) is 8.84. The van der Waals surface area contributed by atoms with Crippen LogP contribution in [0.2, 0.25) is 0 Å². The third-order valence-corrected chi connectivity index (χ3v) is 2.88. The van der Waals surface area contributed by atoms with Crippen molar-refractivity contribution in [3.8, 4) is 0 Å². The van der Waals surface area contributed by atoms with Gasteiger partial charge in [0.25, 0.3) is 0 Å². The molecule has 0 aliphatic rings. The van der Waals surface area contributed by atoms with Gasteiger partial charge in [0.1, 0.15) is 13.1 Å². The predicted molar refractivity (Wildman–Crippen MR) is 75.0 cm³/mol. The number of carboxylic acids is 1. The third kappa shape index (κ3) is 7.74. The minimum atomic E-state index is -0.967. The number of aliphatic hydroxyl groups is 2. The molecule has 0 aliphatic carbocycles. The second-order valence-corrected chi connectivity index (χ2v) is 5.07. The fraction of sp³-hybridized carbons (Fsp3) is 0.462. The molecule has 1 aromatic carbocycles. The smallest absolute Gasteiger partial charge is 0.334 e. The van der Waals surface area contributed by atoms with Crippen molar-refractivity contribution in [3.63, 3.8) is 0 Å². The van der Waals surface area contributed by atoms with Gasteiger partial charge in [-0.1, -0.05) is 18.2 Å². The summed E-state index contributed by atoms with van der Waals surface area (Å²) >= 11 is 4.75. The molecule has 0 atom stereocenters. The average Bonchev–Trinajstić information content (AvgIpc) is 2.29. The number of quaternary nitrogens is 1. The van der Waals surface area contributed by atoms with Crippen LogP contribution in [0.3, 0.4) is 0 Å². The van der Waals surface area contributed by atoms with Crippen molar-refractivity contribution >= 4 is 18.6 Å². The van der Waals surface area contributed by atoms with E-state index < -0.39 is 5.97 Å². The molecule has 0 heterocycles. The van der Waals surface area contributed by atoms with Gasteiger partial charge in [-0.2, -0.15) is 4.90 Å². The van der Waals surface area contributed by atoms with E-state index in [9.17, 15) is 4.79 Å². The zero-order valence-corrected chi connectivity index (χ0v) is 12.1. The number of hydrogen-bond acceptors (Lipinski definition) is 4. The van der Waals surface area contributed by atoms with Crippen LogP contribution in [0.25, 0.3) is 0 Å². The van der Waals surface area contributed by atoms with Crippen molar-refractivity contribution in [2.75, 3.05) is 40.4 Å². The minimum Gasteiger partial charge on any atom is -0.779 e. The van der Waals surface area contributed by atoms with Gasteiger partial charge in [0.05, 0.1) is 27.3 Å². The Hall–Kier alpha value is -1.21. The van der Waals surface area contributed by atoms with Crippen LogP contribution in [-0.2, 0) is 12.6 Å². The zero-order chi connectivity index (χ0) is 14.9. The van der Waals surface area contributed by atoms with Gasteiger partial charge < -0.3 is 32.4 Å². The maximum Gasteiger partial charge on any atom is 0.334 e. The summed E-state index contributed by atoms with van der Waals surface area (Å²) in [5.41, 5.74) is 0.192. The van der Waals surface area contributed by atoms with Crippen molar-refractivity contribution in [2.24, 2.45) is 0 Å². The number of rotatable bonds is 5. The summed E-state index contributed by atoms with van der Waals surface area (Å²) in [6.45, 7) is 1.79. The topological polar surface area (TPSA) is 77.8 Å². The molecule has 3 N–H and O–H groups in total. The highest BCUT2D eigenvalue weighted by molar-refractivity contribution is 7.58. The molecule has 0 radical (unpaired) electrons. The van der Waals surface area contributed by atoms with Crippen LogP contribution in [-0.4, -0.2) is 66.2 Å². The summed E-state index contributed by atoms with van der Waals surface area (Å²) in [4.78, 5) is 10.7. The highest BCUT2D eigenvalue weighted by Gasteiger charge is 2.11. The molecule has 0 spiro atoms. The van der Waals surface area contributed by atoms with E-state index in [0.29, 0.717) is 22.5 Å². The van der Waals surface area contributed by atoms with E-state index in [1.165, 1.54) is 6.07 Å². The Balaban J connectivity index is 0.000000344. The monoisotopic (exact) mass is 287 g/mol. The molecule has 1 aromatic rings. The number of benzene rings is 1. The second-order valence-electron chi connectivity index (χ2n) is 4.63.